The highest BCUT2D eigenvalue weighted by Crippen LogP contribution is 2.27. The molecule has 1 atom stereocenters. The van der Waals surface area contributed by atoms with Crippen molar-refractivity contribution in [2.75, 3.05) is 13.7 Å². The van der Waals surface area contributed by atoms with Gasteiger partial charge in [-0.05, 0) is 30.5 Å². The number of methoxy groups -OCH3 is 1. The van der Waals surface area contributed by atoms with Gasteiger partial charge in [-0.1, -0.05) is 12.1 Å². The summed E-state index contributed by atoms with van der Waals surface area (Å²) in [5, 5.41) is 9.30. The molecular formula is C14H17NO4. The van der Waals surface area contributed by atoms with Gasteiger partial charge in [0.15, 0.2) is 6.04 Å². The van der Waals surface area contributed by atoms with Crippen molar-refractivity contribution in [1.82, 2.24) is 4.90 Å². The maximum atomic E-state index is 12.0. The fourth-order valence-corrected chi connectivity index (χ4v) is 2.31. The summed E-state index contributed by atoms with van der Waals surface area (Å²) in [6, 6.07) is 5.55. The quantitative estimate of drug-likeness (QED) is 0.841. The lowest BCUT2D eigenvalue weighted by Gasteiger charge is -2.33. The van der Waals surface area contributed by atoms with Gasteiger partial charge in [0, 0.05) is 13.0 Å². The van der Waals surface area contributed by atoms with E-state index in [-0.39, 0.29) is 11.7 Å². The second-order valence-corrected chi connectivity index (χ2v) is 4.56. The minimum absolute atomic E-state index is 0.0327. The van der Waals surface area contributed by atoms with Gasteiger partial charge in [-0.15, -0.1) is 0 Å². The van der Waals surface area contributed by atoms with Gasteiger partial charge in [0.1, 0.15) is 5.75 Å². The first-order chi connectivity index (χ1) is 9.13. The van der Waals surface area contributed by atoms with Crippen molar-refractivity contribution in [2.24, 2.45) is 0 Å². The number of piperidine rings is 1. The maximum absolute atomic E-state index is 12.0. The Morgan fingerprint density at radius 2 is 2.00 bits per heavy atom. The lowest BCUT2D eigenvalue weighted by atomic mass is 10.0. The number of nitrogens with zero attached hydrogens (tertiary/aromatic N) is 1. The Morgan fingerprint density at radius 3 is 2.58 bits per heavy atom. The Morgan fingerprint density at radius 1 is 1.32 bits per heavy atom. The number of phenols is 1. The third kappa shape index (κ3) is 2.86. The number of phenolic OH excluding ortho intramolecular Hbond substituents is 1. The molecule has 0 aromatic heterocycles. The monoisotopic (exact) mass is 263 g/mol. The normalized spacial score (nSPS) is 17.1. The Bertz CT molecular complexity index is 469. The topological polar surface area (TPSA) is 66.8 Å². The molecule has 0 radical (unpaired) electrons. The molecule has 5 heteroatoms. The largest absolute Gasteiger partial charge is 0.508 e. The molecule has 1 aliphatic rings. The third-order valence-corrected chi connectivity index (χ3v) is 3.30. The van der Waals surface area contributed by atoms with Gasteiger partial charge in [-0.2, -0.15) is 0 Å². The van der Waals surface area contributed by atoms with Crippen molar-refractivity contribution in [1.29, 1.82) is 0 Å². The predicted octanol–water partition coefficient (Wildman–Crippen LogP) is 1.62. The van der Waals surface area contributed by atoms with Gasteiger partial charge >= 0.3 is 5.97 Å². The Balaban J connectivity index is 2.32. The van der Waals surface area contributed by atoms with Crippen LogP contribution >= 0.6 is 0 Å². The number of carbonyl (C=O) groups is 2. The molecule has 1 amide bonds. The van der Waals surface area contributed by atoms with Crippen LogP contribution in [-0.2, 0) is 14.3 Å². The zero-order chi connectivity index (χ0) is 13.8. The number of carbonyl (C=O) groups excluding carboxylic acids is 2. The fraction of sp³-hybridized carbons (Fsp3) is 0.429. The molecule has 1 heterocycles. The summed E-state index contributed by atoms with van der Waals surface area (Å²) >= 11 is 0. The Kier molecular flexibility index (Phi) is 4.04. The van der Waals surface area contributed by atoms with Crippen LogP contribution in [0.5, 0.6) is 5.75 Å². The molecule has 19 heavy (non-hydrogen) atoms. The molecule has 1 aromatic carbocycles. The van der Waals surface area contributed by atoms with Crippen molar-refractivity contribution in [3.63, 3.8) is 0 Å². The van der Waals surface area contributed by atoms with Crippen LogP contribution in [0.15, 0.2) is 24.3 Å². The SMILES string of the molecule is COC(=O)[C@H](c1ccc(O)cc1)N1CCCCC1=O. The second kappa shape index (κ2) is 5.73. The van der Waals surface area contributed by atoms with Crippen LogP contribution in [0.2, 0.25) is 0 Å². The number of esters is 1. The second-order valence-electron chi connectivity index (χ2n) is 4.56. The van der Waals surface area contributed by atoms with Crippen molar-refractivity contribution < 1.29 is 19.4 Å². The van der Waals surface area contributed by atoms with Crippen LogP contribution in [0.1, 0.15) is 30.9 Å². The molecule has 0 aliphatic carbocycles. The van der Waals surface area contributed by atoms with Crippen LogP contribution in [0.25, 0.3) is 0 Å². The number of hydrogen-bond acceptors (Lipinski definition) is 4. The van der Waals surface area contributed by atoms with E-state index in [0.29, 0.717) is 18.5 Å². The summed E-state index contributed by atoms with van der Waals surface area (Å²) < 4.78 is 4.80. The molecule has 0 bridgehead atoms. The number of aromatic hydroxyl groups is 1. The first kappa shape index (κ1) is 13.4. The van der Waals surface area contributed by atoms with E-state index in [9.17, 15) is 14.7 Å². The van der Waals surface area contributed by atoms with Crippen molar-refractivity contribution in [2.45, 2.75) is 25.3 Å². The minimum Gasteiger partial charge on any atom is -0.508 e. The summed E-state index contributed by atoms with van der Waals surface area (Å²) in [6.45, 7) is 0.555. The van der Waals surface area contributed by atoms with E-state index < -0.39 is 12.0 Å². The van der Waals surface area contributed by atoms with Crippen molar-refractivity contribution in [3.05, 3.63) is 29.8 Å². The highest BCUT2D eigenvalue weighted by molar-refractivity contribution is 5.86. The molecule has 1 aliphatic heterocycles. The van der Waals surface area contributed by atoms with E-state index in [1.807, 2.05) is 0 Å². The van der Waals surface area contributed by atoms with Gasteiger partial charge in [-0.3, -0.25) is 4.79 Å². The van der Waals surface area contributed by atoms with E-state index in [2.05, 4.69) is 0 Å². The number of benzene rings is 1. The number of amides is 1. The molecule has 1 fully saturated rings. The highest BCUT2D eigenvalue weighted by atomic mass is 16.5. The zero-order valence-electron chi connectivity index (χ0n) is 10.8. The van der Waals surface area contributed by atoms with Gasteiger partial charge < -0.3 is 14.7 Å². The molecular weight excluding hydrogens is 246 g/mol. The summed E-state index contributed by atoms with van der Waals surface area (Å²) in [5.74, 6) is -0.368. The third-order valence-electron chi connectivity index (χ3n) is 3.30. The van der Waals surface area contributed by atoms with Gasteiger partial charge in [0.25, 0.3) is 0 Å². The number of hydrogen-bond donors (Lipinski definition) is 1. The summed E-state index contributed by atoms with van der Waals surface area (Å²) in [5.41, 5.74) is 0.653. The van der Waals surface area contributed by atoms with Crippen LogP contribution in [0.3, 0.4) is 0 Å². The molecule has 0 saturated carbocycles. The van der Waals surface area contributed by atoms with E-state index in [4.69, 9.17) is 4.74 Å². The first-order valence-corrected chi connectivity index (χ1v) is 6.29. The van der Waals surface area contributed by atoms with Crippen LogP contribution in [-0.4, -0.2) is 35.5 Å². The standard InChI is InChI=1S/C14H17NO4/c1-19-14(18)13(10-5-7-11(16)8-6-10)15-9-3-2-4-12(15)17/h5-8,13,16H,2-4,9H2,1H3/t13-/m0/s1. The molecule has 102 valence electrons. The van der Waals surface area contributed by atoms with Gasteiger partial charge in [-0.25, -0.2) is 4.79 Å². The van der Waals surface area contributed by atoms with Crippen molar-refractivity contribution >= 4 is 11.9 Å². The van der Waals surface area contributed by atoms with E-state index in [1.54, 1.807) is 17.0 Å². The number of rotatable bonds is 3. The molecule has 0 spiro atoms. The minimum atomic E-state index is -0.724. The van der Waals surface area contributed by atoms with E-state index >= 15 is 0 Å². The zero-order valence-corrected chi connectivity index (χ0v) is 10.8. The highest BCUT2D eigenvalue weighted by Gasteiger charge is 2.33. The average Bonchev–Trinajstić information content (AvgIpc) is 2.43. The van der Waals surface area contributed by atoms with Crippen LogP contribution in [0, 0.1) is 0 Å². The maximum Gasteiger partial charge on any atom is 0.333 e. The summed E-state index contributed by atoms with van der Waals surface area (Å²) in [6.07, 6.45) is 2.21. The van der Waals surface area contributed by atoms with Crippen molar-refractivity contribution in [3.8, 4) is 5.75 Å². The van der Waals surface area contributed by atoms with Gasteiger partial charge in [0.05, 0.1) is 7.11 Å². The molecule has 5 nitrogen and oxygen atoms in total. The van der Waals surface area contributed by atoms with Crippen LogP contribution in [0.4, 0.5) is 0 Å². The lowest BCUT2D eigenvalue weighted by molar-refractivity contribution is -0.154. The van der Waals surface area contributed by atoms with E-state index in [0.717, 1.165) is 12.8 Å². The molecule has 1 N–H and O–H groups in total. The smallest absolute Gasteiger partial charge is 0.333 e. The van der Waals surface area contributed by atoms with Crippen LogP contribution < -0.4 is 0 Å². The lowest BCUT2D eigenvalue weighted by Crippen LogP contribution is -2.42. The average molecular weight is 263 g/mol. The van der Waals surface area contributed by atoms with Gasteiger partial charge in [0.2, 0.25) is 5.91 Å². The summed E-state index contributed by atoms with van der Waals surface area (Å²) in [7, 11) is 1.31. The molecule has 1 saturated heterocycles. The Hall–Kier alpha value is -2.04. The fourth-order valence-electron chi connectivity index (χ4n) is 2.31. The molecule has 0 unspecified atom stereocenters. The molecule has 1 aromatic rings. The number of ether oxygens (including phenoxy) is 1. The molecule has 2 rings (SSSR count). The summed E-state index contributed by atoms with van der Waals surface area (Å²) in [4.78, 5) is 25.5. The predicted molar refractivity (Wildman–Crippen MR) is 68.4 cm³/mol. The first-order valence-electron chi connectivity index (χ1n) is 6.29. The Labute approximate surface area is 111 Å². The van der Waals surface area contributed by atoms with E-state index in [1.165, 1.54) is 19.2 Å². The number of likely N-dealkylation sites (tertiary alicyclic amines) is 1.